The molecule has 0 amide bonds. The van der Waals surface area contributed by atoms with Gasteiger partial charge in [-0.15, -0.1) is 0 Å². The van der Waals surface area contributed by atoms with Gasteiger partial charge in [-0.2, -0.15) is 0 Å². The fourth-order valence-corrected chi connectivity index (χ4v) is 1.02. The Morgan fingerprint density at radius 1 is 1.67 bits per heavy atom. The van der Waals surface area contributed by atoms with Crippen LogP contribution in [-0.4, -0.2) is 16.5 Å². The summed E-state index contributed by atoms with van der Waals surface area (Å²) in [5.74, 6) is 0.446. The largest absolute Gasteiger partial charge is 0.290 e. The monoisotopic (exact) mass is 297 g/mol. The van der Waals surface area contributed by atoms with Crippen LogP contribution in [0.15, 0.2) is 17.1 Å². The summed E-state index contributed by atoms with van der Waals surface area (Å²) in [7, 11) is 0. The van der Waals surface area contributed by atoms with Crippen LogP contribution in [0.2, 0.25) is 5.15 Å². The lowest BCUT2D eigenvalue weighted by molar-refractivity contribution is 0.240. The normalized spacial score (nSPS) is 10.6. The number of hydrogen-bond acceptors (Lipinski definition) is 3. The summed E-state index contributed by atoms with van der Waals surface area (Å²) in [5.41, 5.74) is 1.77. The minimum Gasteiger partial charge on any atom is -0.290 e. The molecule has 0 unspecified atom stereocenters. The molecule has 0 radical (unpaired) electrons. The smallest absolute Gasteiger partial charge is 0.155 e. The van der Waals surface area contributed by atoms with Crippen LogP contribution in [0, 0.1) is 3.57 Å². The van der Waals surface area contributed by atoms with Crippen LogP contribution in [0.25, 0.3) is 0 Å². The highest BCUT2D eigenvalue weighted by molar-refractivity contribution is 14.1. The van der Waals surface area contributed by atoms with Crippen molar-refractivity contribution < 1.29 is 5.21 Å². The first kappa shape index (κ1) is 9.69. The molecule has 1 heterocycles. The van der Waals surface area contributed by atoms with E-state index in [1.54, 1.807) is 17.6 Å². The van der Waals surface area contributed by atoms with E-state index in [1.807, 2.05) is 0 Å². The molecule has 12 heavy (non-hydrogen) atoms. The third kappa shape index (κ3) is 2.58. The fraction of sp³-hybridized carbons (Fsp3) is 0. The first-order valence-electron chi connectivity index (χ1n) is 2.98. The molecule has 0 spiro atoms. The van der Waals surface area contributed by atoms with Gasteiger partial charge in [0.1, 0.15) is 11.5 Å². The van der Waals surface area contributed by atoms with Crippen LogP contribution in [0.4, 0.5) is 5.82 Å². The van der Waals surface area contributed by atoms with Crippen LogP contribution < -0.4 is 5.48 Å². The van der Waals surface area contributed by atoms with Gasteiger partial charge in [0.2, 0.25) is 0 Å². The van der Waals surface area contributed by atoms with Gasteiger partial charge in [0, 0.05) is 0 Å². The lowest BCUT2D eigenvalue weighted by Gasteiger charge is -1.95. The van der Waals surface area contributed by atoms with Gasteiger partial charge in [0.15, 0.2) is 5.82 Å². The van der Waals surface area contributed by atoms with Gasteiger partial charge in [0.25, 0.3) is 0 Å². The fourth-order valence-electron chi connectivity index (χ4n) is 0.575. The van der Waals surface area contributed by atoms with E-state index in [4.69, 9.17) is 16.8 Å². The number of aliphatic imine (C=N–C) groups is 1. The first-order valence-corrected chi connectivity index (χ1v) is 4.44. The molecule has 0 aromatic carbocycles. The molecule has 64 valence electrons. The van der Waals surface area contributed by atoms with E-state index < -0.39 is 0 Å². The molecular weight excluding hydrogens is 292 g/mol. The zero-order chi connectivity index (χ0) is 8.97. The molecule has 0 atom stereocenters. The molecule has 0 aliphatic heterocycles. The highest BCUT2D eigenvalue weighted by atomic mass is 127. The number of nitrogens with one attached hydrogen (secondary N) is 1. The van der Waals surface area contributed by atoms with Gasteiger partial charge in [-0.1, -0.05) is 11.6 Å². The van der Waals surface area contributed by atoms with Gasteiger partial charge >= 0.3 is 0 Å². The molecule has 0 fully saturated rings. The van der Waals surface area contributed by atoms with Crippen molar-refractivity contribution in [3.63, 3.8) is 0 Å². The molecule has 0 bridgehead atoms. The minimum absolute atomic E-state index is 0.406. The number of nitrogens with zero attached hydrogens (tertiary/aromatic N) is 2. The van der Waals surface area contributed by atoms with Crippen LogP contribution >= 0.6 is 34.2 Å². The average molecular weight is 297 g/mol. The quantitative estimate of drug-likeness (QED) is 0.288. The van der Waals surface area contributed by atoms with Gasteiger partial charge < -0.3 is 0 Å². The standard InChI is InChI=1S/C6H5ClIN3O/c7-6-4(8)1-2-5(11-6)9-3-10-12/h1-3,12H,(H,9,10,11). The molecule has 1 aromatic rings. The van der Waals surface area contributed by atoms with Crippen LogP contribution in [0.3, 0.4) is 0 Å². The Morgan fingerprint density at radius 3 is 3.00 bits per heavy atom. The van der Waals surface area contributed by atoms with E-state index in [0.29, 0.717) is 11.0 Å². The van der Waals surface area contributed by atoms with Crippen molar-refractivity contribution in [2.75, 3.05) is 0 Å². The van der Waals surface area contributed by atoms with Gasteiger partial charge in [-0.05, 0) is 34.7 Å². The summed E-state index contributed by atoms with van der Waals surface area (Å²) in [4.78, 5) is 7.66. The van der Waals surface area contributed by atoms with Crippen molar-refractivity contribution >= 4 is 46.3 Å². The van der Waals surface area contributed by atoms with Crippen molar-refractivity contribution in [2.45, 2.75) is 0 Å². The van der Waals surface area contributed by atoms with E-state index in [1.165, 1.54) is 0 Å². The lowest BCUT2D eigenvalue weighted by atomic mass is 10.5. The van der Waals surface area contributed by atoms with Crippen LogP contribution in [-0.2, 0) is 0 Å². The number of hydrogen-bond donors (Lipinski definition) is 2. The van der Waals surface area contributed by atoms with Crippen molar-refractivity contribution in [3.05, 3.63) is 20.9 Å². The molecule has 0 saturated carbocycles. The Hall–Kier alpha value is -0.400. The molecule has 0 aliphatic carbocycles. The molecule has 4 nitrogen and oxygen atoms in total. The maximum absolute atomic E-state index is 8.19. The zero-order valence-electron chi connectivity index (χ0n) is 5.83. The number of aromatic nitrogens is 1. The molecule has 0 aliphatic rings. The van der Waals surface area contributed by atoms with Crippen molar-refractivity contribution in [1.82, 2.24) is 10.5 Å². The van der Waals surface area contributed by atoms with Gasteiger partial charge in [-0.3, -0.25) is 10.7 Å². The average Bonchev–Trinajstić information content (AvgIpc) is 2.07. The highest BCUT2D eigenvalue weighted by Gasteiger charge is 1.97. The Balaban J connectivity index is 2.89. The predicted octanol–water partition coefficient (Wildman–Crippen LogP) is 1.98. The number of halogens is 2. The predicted molar refractivity (Wildman–Crippen MR) is 55.0 cm³/mol. The van der Waals surface area contributed by atoms with E-state index in [0.717, 1.165) is 9.91 Å². The first-order chi connectivity index (χ1) is 5.74. The Morgan fingerprint density at radius 2 is 2.42 bits per heavy atom. The summed E-state index contributed by atoms with van der Waals surface area (Å²) in [6.07, 6.45) is 1.12. The van der Waals surface area contributed by atoms with E-state index in [9.17, 15) is 0 Å². The molecule has 6 heteroatoms. The van der Waals surface area contributed by atoms with Crippen molar-refractivity contribution in [2.24, 2.45) is 4.99 Å². The maximum atomic E-state index is 8.19. The van der Waals surface area contributed by atoms with Crippen molar-refractivity contribution in [1.29, 1.82) is 0 Å². The van der Waals surface area contributed by atoms with Gasteiger partial charge in [-0.25, -0.2) is 9.98 Å². The summed E-state index contributed by atoms with van der Waals surface area (Å²) in [6, 6.07) is 3.49. The van der Waals surface area contributed by atoms with Crippen LogP contribution in [0.1, 0.15) is 0 Å². The third-order valence-electron chi connectivity index (χ3n) is 1.04. The summed E-state index contributed by atoms with van der Waals surface area (Å²) < 4.78 is 0.866. The van der Waals surface area contributed by atoms with E-state index >= 15 is 0 Å². The Bertz CT molecular complexity index is 305. The molecule has 1 aromatic heterocycles. The Kier molecular flexibility index (Phi) is 3.70. The second-order valence-corrected chi connectivity index (χ2v) is 3.35. The number of hydroxylamine groups is 1. The second-order valence-electron chi connectivity index (χ2n) is 1.83. The number of rotatable bonds is 2. The minimum atomic E-state index is 0.406. The van der Waals surface area contributed by atoms with Crippen molar-refractivity contribution in [3.8, 4) is 0 Å². The topological polar surface area (TPSA) is 57.5 Å². The molecule has 0 saturated heterocycles. The summed E-state index contributed by atoms with van der Waals surface area (Å²) >= 11 is 7.78. The zero-order valence-corrected chi connectivity index (χ0v) is 8.74. The highest BCUT2D eigenvalue weighted by Crippen LogP contribution is 2.19. The van der Waals surface area contributed by atoms with Gasteiger partial charge in [0.05, 0.1) is 3.57 Å². The van der Waals surface area contributed by atoms with E-state index in [2.05, 4.69) is 32.6 Å². The molecule has 1 rings (SSSR count). The maximum Gasteiger partial charge on any atom is 0.155 e. The third-order valence-corrected chi connectivity index (χ3v) is 2.52. The number of pyridine rings is 1. The Labute approximate surface area is 87.8 Å². The SMILES string of the molecule is ONC=Nc1ccc(I)c(Cl)n1. The summed E-state index contributed by atoms with van der Waals surface area (Å²) in [5, 5.41) is 8.60. The summed E-state index contributed by atoms with van der Waals surface area (Å²) in [6.45, 7) is 0. The second kappa shape index (κ2) is 4.58. The molecule has 2 N–H and O–H groups in total. The lowest BCUT2D eigenvalue weighted by Crippen LogP contribution is -2.01. The molecular formula is C6H5ClIN3O. The van der Waals surface area contributed by atoms with E-state index in [-0.39, 0.29) is 0 Å². The van der Waals surface area contributed by atoms with Crippen LogP contribution in [0.5, 0.6) is 0 Å².